The number of hydrogen-bond acceptors (Lipinski definition) is 3. The zero-order valence-electron chi connectivity index (χ0n) is 8.08. The molecule has 14 heavy (non-hydrogen) atoms. The van der Waals surface area contributed by atoms with Crippen LogP contribution in [0.5, 0.6) is 0 Å². The Morgan fingerprint density at radius 3 is 3.14 bits per heavy atom. The second kappa shape index (κ2) is 3.42. The molecule has 1 aromatic rings. The number of aryl methyl sites for hydroxylation is 1. The predicted octanol–water partition coefficient (Wildman–Crippen LogP) is 0.247. The van der Waals surface area contributed by atoms with Gasteiger partial charge in [-0.25, -0.2) is 4.79 Å². The number of carboxylic acid groups (broad SMARTS) is 1. The molecule has 5 nitrogen and oxygen atoms in total. The normalized spacial score (nSPS) is 15.2. The van der Waals surface area contributed by atoms with E-state index < -0.39 is 5.97 Å². The summed E-state index contributed by atoms with van der Waals surface area (Å²) in [7, 11) is 0. The smallest absolute Gasteiger partial charge is 0.354 e. The number of rotatable bonds is 2. The third kappa shape index (κ3) is 1.29. The summed E-state index contributed by atoms with van der Waals surface area (Å²) in [6.45, 7) is 4.01. The number of nitrogens with zero attached hydrogens (tertiary/aromatic N) is 2. The first kappa shape index (κ1) is 9.21. The SMILES string of the molecule is CCn1nc2c(c1C(=O)O)CNCC2. The van der Waals surface area contributed by atoms with E-state index in [0.29, 0.717) is 18.8 Å². The second-order valence-electron chi connectivity index (χ2n) is 3.32. The molecule has 1 aromatic heterocycles. The topological polar surface area (TPSA) is 67.2 Å². The summed E-state index contributed by atoms with van der Waals surface area (Å²) in [5.41, 5.74) is 2.13. The second-order valence-corrected chi connectivity index (χ2v) is 3.32. The van der Waals surface area contributed by atoms with Crippen molar-refractivity contribution in [3.8, 4) is 0 Å². The number of nitrogens with one attached hydrogen (secondary N) is 1. The van der Waals surface area contributed by atoms with Gasteiger partial charge in [0.1, 0.15) is 0 Å². The van der Waals surface area contributed by atoms with Crippen LogP contribution < -0.4 is 5.32 Å². The maximum absolute atomic E-state index is 11.0. The van der Waals surface area contributed by atoms with Gasteiger partial charge in [-0.2, -0.15) is 5.10 Å². The highest BCUT2D eigenvalue weighted by atomic mass is 16.4. The van der Waals surface area contributed by atoms with Gasteiger partial charge in [-0.05, 0) is 6.92 Å². The Morgan fingerprint density at radius 1 is 1.71 bits per heavy atom. The minimum atomic E-state index is -0.885. The molecule has 1 aliphatic heterocycles. The number of aromatic nitrogens is 2. The van der Waals surface area contributed by atoms with E-state index in [2.05, 4.69) is 10.4 Å². The first-order chi connectivity index (χ1) is 6.74. The Hall–Kier alpha value is -1.36. The Bertz CT molecular complexity index is 370. The van der Waals surface area contributed by atoms with Crippen molar-refractivity contribution in [2.75, 3.05) is 6.54 Å². The molecule has 76 valence electrons. The summed E-state index contributed by atoms with van der Waals surface area (Å²) < 4.78 is 1.57. The third-order valence-corrected chi connectivity index (χ3v) is 2.48. The molecule has 0 aliphatic carbocycles. The van der Waals surface area contributed by atoms with E-state index in [0.717, 1.165) is 24.2 Å². The summed E-state index contributed by atoms with van der Waals surface area (Å²) >= 11 is 0. The van der Waals surface area contributed by atoms with Crippen LogP contribution in [0.2, 0.25) is 0 Å². The predicted molar refractivity (Wildman–Crippen MR) is 50.3 cm³/mol. The molecular formula is C9H13N3O2. The van der Waals surface area contributed by atoms with E-state index in [1.54, 1.807) is 4.68 Å². The van der Waals surface area contributed by atoms with Crippen LogP contribution >= 0.6 is 0 Å². The lowest BCUT2D eigenvalue weighted by molar-refractivity contribution is 0.0682. The van der Waals surface area contributed by atoms with Crippen LogP contribution in [0.3, 0.4) is 0 Å². The maximum Gasteiger partial charge on any atom is 0.354 e. The molecule has 0 fully saturated rings. The molecule has 0 saturated heterocycles. The fraction of sp³-hybridized carbons (Fsp3) is 0.556. The molecule has 0 bridgehead atoms. The molecule has 0 saturated carbocycles. The molecule has 0 amide bonds. The molecule has 2 rings (SSSR count). The minimum Gasteiger partial charge on any atom is -0.477 e. The molecule has 2 N–H and O–H groups in total. The van der Waals surface area contributed by atoms with Crippen LogP contribution in [0.4, 0.5) is 0 Å². The van der Waals surface area contributed by atoms with E-state index in [4.69, 9.17) is 5.11 Å². The van der Waals surface area contributed by atoms with Crippen molar-refractivity contribution in [3.05, 3.63) is 17.0 Å². The first-order valence-electron chi connectivity index (χ1n) is 4.76. The van der Waals surface area contributed by atoms with Gasteiger partial charge in [0.05, 0.1) is 5.69 Å². The molecule has 0 radical (unpaired) electrons. The fourth-order valence-corrected chi connectivity index (χ4v) is 1.82. The van der Waals surface area contributed by atoms with Crippen molar-refractivity contribution in [2.45, 2.75) is 26.4 Å². The largest absolute Gasteiger partial charge is 0.477 e. The van der Waals surface area contributed by atoms with Gasteiger partial charge in [-0.15, -0.1) is 0 Å². The summed E-state index contributed by atoms with van der Waals surface area (Å²) in [6, 6.07) is 0. The van der Waals surface area contributed by atoms with Crippen molar-refractivity contribution in [2.24, 2.45) is 0 Å². The number of fused-ring (bicyclic) bond motifs is 1. The van der Waals surface area contributed by atoms with Gasteiger partial charge in [0.15, 0.2) is 5.69 Å². The van der Waals surface area contributed by atoms with Crippen molar-refractivity contribution >= 4 is 5.97 Å². The lowest BCUT2D eigenvalue weighted by Crippen LogP contribution is -2.24. The number of carboxylic acids is 1. The number of hydrogen-bond donors (Lipinski definition) is 2. The fourth-order valence-electron chi connectivity index (χ4n) is 1.82. The standard InChI is InChI=1S/C9H13N3O2/c1-2-12-8(9(13)14)6-5-10-4-3-7(6)11-12/h10H,2-5H2,1H3,(H,13,14). The van der Waals surface area contributed by atoms with Crippen molar-refractivity contribution in [1.82, 2.24) is 15.1 Å². The Kier molecular flexibility index (Phi) is 2.25. The molecule has 0 aromatic carbocycles. The Morgan fingerprint density at radius 2 is 2.50 bits per heavy atom. The van der Waals surface area contributed by atoms with Crippen LogP contribution in [0.15, 0.2) is 0 Å². The third-order valence-electron chi connectivity index (χ3n) is 2.48. The molecular weight excluding hydrogens is 182 g/mol. The van der Waals surface area contributed by atoms with E-state index in [9.17, 15) is 4.79 Å². The summed E-state index contributed by atoms with van der Waals surface area (Å²) in [4.78, 5) is 11.0. The molecule has 0 atom stereocenters. The van der Waals surface area contributed by atoms with Crippen LogP contribution in [-0.2, 0) is 19.5 Å². The molecule has 5 heteroatoms. The van der Waals surface area contributed by atoms with Crippen molar-refractivity contribution in [1.29, 1.82) is 0 Å². The highest BCUT2D eigenvalue weighted by Gasteiger charge is 2.23. The quantitative estimate of drug-likeness (QED) is 0.709. The first-order valence-corrected chi connectivity index (χ1v) is 4.76. The Labute approximate surface area is 81.7 Å². The highest BCUT2D eigenvalue weighted by Crippen LogP contribution is 2.17. The van der Waals surface area contributed by atoms with Gasteiger partial charge in [0.25, 0.3) is 0 Å². The van der Waals surface area contributed by atoms with Crippen LogP contribution in [0, 0.1) is 0 Å². The Balaban J connectivity index is 2.53. The zero-order valence-corrected chi connectivity index (χ0v) is 8.08. The number of aromatic carboxylic acids is 1. The van der Waals surface area contributed by atoms with E-state index >= 15 is 0 Å². The van der Waals surface area contributed by atoms with Gasteiger partial charge < -0.3 is 10.4 Å². The van der Waals surface area contributed by atoms with Gasteiger partial charge in [0, 0.05) is 31.6 Å². The average molecular weight is 195 g/mol. The van der Waals surface area contributed by atoms with E-state index in [1.807, 2.05) is 6.92 Å². The van der Waals surface area contributed by atoms with Crippen LogP contribution in [0.25, 0.3) is 0 Å². The lowest BCUT2D eigenvalue weighted by atomic mass is 10.1. The molecule has 0 unspecified atom stereocenters. The van der Waals surface area contributed by atoms with Gasteiger partial charge in [-0.1, -0.05) is 0 Å². The van der Waals surface area contributed by atoms with Gasteiger partial charge in [-0.3, -0.25) is 4.68 Å². The molecule has 2 heterocycles. The van der Waals surface area contributed by atoms with Crippen LogP contribution in [0.1, 0.15) is 28.7 Å². The van der Waals surface area contributed by atoms with Crippen molar-refractivity contribution < 1.29 is 9.90 Å². The summed E-state index contributed by atoms with van der Waals surface area (Å²) in [5.74, 6) is -0.885. The summed E-state index contributed by atoms with van der Waals surface area (Å²) in [5, 5.41) is 16.5. The number of carbonyl (C=O) groups is 1. The lowest BCUT2D eigenvalue weighted by Gasteiger charge is -2.11. The van der Waals surface area contributed by atoms with Crippen molar-refractivity contribution in [3.63, 3.8) is 0 Å². The monoisotopic (exact) mass is 195 g/mol. The van der Waals surface area contributed by atoms with E-state index in [1.165, 1.54) is 0 Å². The molecule has 0 spiro atoms. The average Bonchev–Trinajstić information content (AvgIpc) is 2.55. The van der Waals surface area contributed by atoms with Gasteiger partial charge >= 0.3 is 5.97 Å². The summed E-state index contributed by atoms with van der Waals surface area (Å²) in [6.07, 6.45) is 0.822. The molecule has 1 aliphatic rings. The van der Waals surface area contributed by atoms with E-state index in [-0.39, 0.29) is 0 Å². The van der Waals surface area contributed by atoms with Gasteiger partial charge in [0.2, 0.25) is 0 Å². The minimum absolute atomic E-state index is 0.342. The van der Waals surface area contributed by atoms with Crippen LogP contribution in [-0.4, -0.2) is 27.4 Å². The zero-order chi connectivity index (χ0) is 10.1. The maximum atomic E-state index is 11.0. The highest BCUT2D eigenvalue weighted by molar-refractivity contribution is 5.87.